The van der Waals surface area contributed by atoms with E-state index in [2.05, 4.69) is 10.4 Å². The molecule has 1 unspecified atom stereocenters. The first-order valence-electron chi connectivity index (χ1n) is 2.62. The Morgan fingerprint density at radius 3 is 2.78 bits per heavy atom. The average molecular weight is 146 g/mol. The molecule has 0 aromatic rings. The first kappa shape index (κ1) is 6.85. The summed E-state index contributed by atoms with van der Waals surface area (Å²) >= 11 is 1.52. The van der Waals surface area contributed by atoms with Crippen LogP contribution in [-0.4, -0.2) is 29.8 Å². The number of rotatable bonds is 0. The molecule has 1 rings (SSSR count). The lowest BCUT2D eigenvalue weighted by Gasteiger charge is -2.10. The van der Waals surface area contributed by atoms with Gasteiger partial charge < -0.3 is 5.73 Å². The summed E-state index contributed by atoms with van der Waals surface area (Å²) in [6.07, 6.45) is 0. The molecule has 1 heterocycles. The van der Waals surface area contributed by atoms with E-state index in [-0.39, 0.29) is 5.50 Å². The van der Waals surface area contributed by atoms with Gasteiger partial charge in [-0.3, -0.25) is 10.4 Å². The zero-order chi connectivity index (χ0) is 6.85. The quantitative estimate of drug-likeness (QED) is 0.479. The summed E-state index contributed by atoms with van der Waals surface area (Å²) in [6, 6.07) is 0. The minimum Gasteiger partial charge on any atom is -0.305 e. The molecule has 1 aliphatic heterocycles. The molecule has 0 bridgehead atoms. The van der Waals surface area contributed by atoms with Crippen molar-refractivity contribution in [2.45, 2.75) is 5.50 Å². The lowest BCUT2D eigenvalue weighted by molar-refractivity contribution is 0.291. The maximum Gasteiger partial charge on any atom is 0.173 e. The van der Waals surface area contributed by atoms with Gasteiger partial charge in [0.05, 0.1) is 0 Å². The number of amidine groups is 1. The van der Waals surface area contributed by atoms with Crippen molar-refractivity contribution in [3.8, 4) is 0 Å². The summed E-state index contributed by atoms with van der Waals surface area (Å²) in [5.41, 5.74) is 8.57. The van der Waals surface area contributed by atoms with Gasteiger partial charge in [0.15, 0.2) is 5.17 Å². The maximum atomic E-state index is 5.59. The Kier molecular flexibility index (Phi) is 1.94. The molecule has 0 aromatic carbocycles. The monoisotopic (exact) mass is 146 g/mol. The summed E-state index contributed by atoms with van der Waals surface area (Å²) in [4.78, 5) is 3.94. The molecule has 52 valence electrons. The third kappa shape index (κ3) is 1.35. The van der Waals surface area contributed by atoms with Crippen LogP contribution in [0.15, 0.2) is 4.99 Å². The molecule has 1 fully saturated rings. The third-order valence-electron chi connectivity index (χ3n) is 1.09. The number of aliphatic imine (C=N–C) groups is 1. The Morgan fingerprint density at radius 1 is 1.89 bits per heavy atom. The van der Waals surface area contributed by atoms with Crippen LogP contribution in [-0.2, 0) is 0 Å². The van der Waals surface area contributed by atoms with Gasteiger partial charge in [-0.15, -0.1) is 0 Å². The number of hydrazine groups is 1. The predicted molar refractivity (Wildman–Crippen MR) is 39.8 cm³/mol. The summed E-state index contributed by atoms with van der Waals surface area (Å²) < 4.78 is 0. The fourth-order valence-electron chi connectivity index (χ4n) is 0.537. The Hall–Kier alpha value is -0.260. The van der Waals surface area contributed by atoms with E-state index < -0.39 is 0 Å². The van der Waals surface area contributed by atoms with Crippen LogP contribution in [0.2, 0.25) is 0 Å². The first-order chi connectivity index (χ1) is 4.24. The molecule has 0 aliphatic carbocycles. The van der Waals surface area contributed by atoms with Crippen LogP contribution in [0, 0.1) is 0 Å². The van der Waals surface area contributed by atoms with Crippen LogP contribution in [0.4, 0.5) is 0 Å². The molecule has 0 amide bonds. The van der Waals surface area contributed by atoms with Crippen molar-refractivity contribution in [2.75, 3.05) is 14.1 Å². The molecule has 4 nitrogen and oxygen atoms in total. The molecular weight excluding hydrogens is 136 g/mol. The summed E-state index contributed by atoms with van der Waals surface area (Å²) in [5.74, 6) is 0. The molecule has 1 aliphatic rings. The van der Waals surface area contributed by atoms with E-state index in [4.69, 9.17) is 5.73 Å². The summed E-state index contributed by atoms with van der Waals surface area (Å²) in [5, 5.41) is 2.69. The van der Waals surface area contributed by atoms with Gasteiger partial charge in [-0.2, -0.15) is 5.01 Å². The minimum atomic E-state index is 0.00343. The van der Waals surface area contributed by atoms with Crippen LogP contribution in [0.1, 0.15) is 0 Å². The highest BCUT2D eigenvalue weighted by molar-refractivity contribution is 8.14. The van der Waals surface area contributed by atoms with Crippen molar-refractivity contribution in [1.82, 2.24) is 10.4 Å². The molecule has 1 saturated heterocycles. The number of thioether (sulfide) groups is 1. The van der Waals surface area contributed by atoms with Gasteiger partial charge in [-0.1, -0.05) is 11.8 Å². The van der Waals surface area contributed by atoms with Crippen LogP contribution in [0.3, 0.4) is 0 Å². The smallest absolute Gasteiger partial charge is 0.173 e. The molecule has 0 spiro atoms. The van der Waals surface area contributed by atoms with Gasteiger partial charge in [0, 0.05) is 14.1 Å². The number of nitrogens with one attached hydrogen (secondary N) is 1. The van der Waals surface area contributed by atoms with Crippen LogP contribution in [0.5, 0.6) is 0 Å². The number of nitrogens with zero attached hydrogens (tertiary/aromatic N) is 2. The molecule has 0 aromatic heterocycles. The average Bonchev–Trinajstić information content (AvgIpc) is 2.13. The van der Waals surface area contributed by atoms with Crippen molar-refractivity contribution in [2.24, 2.45) is 10.7 Å². The molecule has 5 heteroatoms. The van der Waals surface area contributed by atoms with E-state index in [9.17, 15) is 0 Å². The lowest BCUT2D eigenvalue weighted by atomic mass is 11.0. The van der Waals surface area contributed by atoms with Gasteiger partial charge >= 0.3 is 0 Å². The highest BCUT2D eigenvalue weighted by Gasteiger charge is 2.21. The van der Waals surface area contributed by atoms with Crippen molar-refractivity contribution < 1.29 is 0 Å². The highest BCUT2D eigenvalue weighted by atomic mass is 32.2. The van der Waals surface area contributed by atoms with E-state index >= 15 is 0 Å². The lowest BCUT2D eigenvalue weighted by Crippen LogP contribution is -2.38. The van der Waals surface area contributed by atoms with Crippen molar-refractivity contribution in [3.63, 3.8) is 0 Å². The zero-order valence-electron chi connectivity index (χ0n) is 5.46. The maximum absolute atomic E-state index is 5.59. The Morgan fingerprint density at radius 2 is 2.56 bits per heavy atom. The van der Waals surface area contributed by atoms with E-state index in [0.717, 1.165) is 5.17 Å². The molecule has 0 radical (unpaired) electrons. The van der Waals surface area contributed by atoms with Crippen LogP contribution >= 0.6 is 11.8 Å². The van der Waals surface area contributed by atoms with Gasteiger partial charge in [-0.25, -0.2) is 0 Å². The van der Waals surface area contributed by atoms with Crippen molar-refractivity contribution in [1.29, 1.82) is 0 Å². The summed E-state index contributed by atoms with van der Waals surface area (Å²) in [6.45, 7) is 0. The van der Waals surface area contributed by atoms with Crippen molar-refractivity contribution >= 4 is 16.9 Å². The van der Waals surface area contributed by atoms with Gasteiger partial charge in [0.25, 0.3) is 0 Å². The molecule has 9 heavy (non-hydrogen) atoms. The third-order valence-corrected chi connectivity index (χ3v) is 2.14. The second-order valence-corrected chi connectivity index (χ2v) is 2.87. The van der Waals surface area contributed by atoms with Crippen molar-refractivity contribution in [3.05, 3.63) is 0 Å². The molecule has 0 saturated carbocycles. The number of nitrogens with two attached hydrogens (primary N) is 1. The van der Waals surface area contributed by atoms with E-state index in [1.807, 2.05) is 12.1 Å². The van der Waals surface area contributed by atoms with Gasteiger partial charge in [0.2, 0.25) is 0 Å². The Labute approximate surface area is 58.5 Å². The summed E-state index contributed by atoms with van der Waals surface area (Å²) in [7, 11) is 3.62. The fraction of sp³-hybridized carbons (Fsp3) is 0.750. The largest absolute Gasteiger partial charge is 0.305 e. The first-order valence-corrected chi connectivity index (χ1v) is 3.50. The highest BCUT2D eigenvalue weighted by Crippen LogP contribution is 2.15. The van der Waals surface area contributed by atoms with Crippen LogP contribution < -0.4 is 11.2 Å². The number of hydrogen-bond acceptors (Lipinski definition) is 4. The SMILES string of the molecule is CN=C1NN(C)C(N)S1. The second-order valence-electron chi connectivity index (χ2n) is 1.76. The topological polar surface area (TPSA) is 53.7 Å². The number of hydrogen-bond donors (Lipinski definition) is 2. The normalized spacial score (nSPS) is 33.2. The van der Waals surface area contributed by atoms with Gasteiger partial charge in [0.1, 0.15) is 5.50 Å². The fourth-order valence-corrected chi connectivity index (χ4v) is 1.28. The second kappa shape index (κ2) is 2.55. The van der Waals surface area contributed by atoms with E-state index in [1.165, 1.54) is 11.8 Å². The van der Waals surface area contributed by atoms with E-state index in [0.29, 0.717) is 0 Å². The zero-order valence-corrected chi connectivity index (χ0v) is 6.27. The van der Waals surface area contributed by atoms with Gasteiger partial charge in [-0.05, 0) is 0 Å². The molecular formula is C4H10N4S. The molecule has 3 N–H and O–H groups in total. The minimum absolute atomic E-state index is 0.00343. The van der Waals surface area contributed by atoms with E-state index in [1.54, 1.807) is 7.05 Å². The predicted octanol–water partition coefficient (Wildman–Crippen LogP) is -0.602. The standard InChI is InChI=1S/C4H10N4S/c1-6-4-7-8(2)3(5)9-4/h3H,5H2,1-2H3,(H,6,7). The van der Waals surface area contributed by atoms with Crippen LogP contribution in [0.25, 0.3) is 0 Å². The Balaban J connectivity index is 2.54. The molecule has 1 atom stereocenters. The Bertz CT molecular complexity index is 123.